The van der Waals surface area contributed by atoms with E-state index in [0.29, 0.717) is 41.7 Å². The van der Waals surface area contributed by atoms with Crippen LogP contribution in [-0.4, -0.2) is 39.0 Å². The Kier molecular flexibility index (Phi) is 12.1. The summed E-state index contributed by atoms with van der Waals surface area (Å²) in [5.41, 5.74) is 7.56. The lowest BCUT2D eigenvalue weighted by molar-refractivity contribution is -0.245. The standard InChI is InChI=1S/C39H39N3O7S/c43-24-26-15-17-27(18-16-26)33-23-32(25-50-39-41-36(28-9-3-1-4-10-28)37(49-39)29-11-5-2-6-12-29)47-38(48-33)30-19-21-31(22-20-30)40-34(44)13-7-8-14-35(45)42-46/h1-6,9-12,15-22,32-33,38,43,46H,7-8,13-14,23-25H2,(H,40,44)(H,42,45)/t32-,33+,38+/m0/s1. The highest BCUT2D eigenvalue weighted by molar-refractivity contribution is 7.99. The highest BCUT2D eigenvalue weighted by Crippen LogP contribution is 2.41. The van der Waals surface area contributed by atoms with Crippen molar-refractivity contribution in [3.05, 3.63) is 126 Å². The van der Waals surface area contributed by atoms with E-state index in [2.05, 4.69) is 5.32 Å². The van der Waals surface area contributed by atoms with E-state index in [9.17, 15) is 14.7 Å². The first-order valence-electron chi connectivity index (χ1n) is 16.6. The molecule has 11 heteroatoms. The van der Waals surface area contributed by atoms with Crippen molar-refractivity contribution in [1.29, 1.82) is 0 Å². The number of carbonyl (C=O) groups excluding carboxylic acids is 2. The van der Waals surface area contributed by atoms with Crippen molar-refractivity contribution < 1.29 is 33.8 Å². The summed E-state index contributed by atoms with van der Waals surface area (Å²) in [6.07, 6.45) is 0.914. The molecule has 50 heavy (non-hydrogen) atoms. The Hall–Kier alpha value is -4.78. The van der Waals surface area contributed by atoms with Crippen LogP contribution in [0, 0.1) is 0 Å². The van der Waals surface area contributed by atoms with Crippen LogP contribution in [0.15, 0.2) is 119 Å². The largest absolute Gasteiger partial charge is 0.431 e. The average Bonchev–Trinajstić information content (AvgIpc) is 3.61. The van der Waals surface area contributed by atoms with E-state index in [4.69, 9.17) is 24.1 Å². The third-order valence-electron chi connectivity index (χ3n) is 8.35. The molecule has 2 heterocycles. The van der Waals surface area contributed by atoms with Crippen LogP contribution in [0.2, 0.25) is 0 Å². The van der Waals surface area contributed by atoms with E-state index in [1.165, 1.54) is 11.8 Å². The van der Waals surface area contributed by atoms with Gasteiger partial charge >= 0.3 is 0 Å². The second-order valence-electron chi connectivity index (χ2n) is 12.0. The molecule has 1 aliphatic heterocycles. The molecule has 1 aliphatic rings. The number of carbonyl (C=O) groups is 2. The molecule has 1 aromatic heterocycles. The number of thioether (sulfide) groups is 1. The molecule has 6 rings (SSSR count). The van der Waals surface area contributed by atoms with Crippen LogP contribution in [0.5, 0.6) is 0 Å². The number of nitrogens with one attached hydrogen (secondary N) is 2. The van der Waals surface area contributed by atoms with E-state index < -0.39 is 12.2 Å². The predicted molar refractivity (Wildman–Crippen MR) is 190 cm³/mol. The fraction of sp³-hybridized carbons (Fsp3) is 0.256. The highest BCUT2D eigenvalue weighted by atomic mass is 32.2. The molecule has 258 valence electrons. The minimum atomic E-state index is -0.663. The number of aliphatic hydroxyl groups is 1. The van der Waals surface area contributed by atoms with Crippen molar-refractivity contribution in [2.45, 2.75) is 62.4 Å². The first-order chi connectivity index (χ1) is 24.5. The molecule has 0 aliphatic carbocycles. The number of hydroxylamine groups is 1. The zero-order valence-electron chi connectivity index (χ0n) is 27.4. The van der Waals surface area contributed by atoms with E-state index in [0.717, 1.165) is 33.5 Å². The van der Waals surface area contributed by atoms with Crippen molar-refractivity contribution in [2.24, 2.45) is 0 Å². The van der Waals surface area contributed by atoms with Crippen molar-refractivity contribution in [2.75, 3.05) is 11.1 Å². The zero-order valence-corrected chi connectivity index (χ0v) is 28.2. The first kappa shape index (κ1) is 35.1. The summed E-state index contributed by atoms with van der Waals surface area (Å²) >= 11 is 1.50. The minimum Gasteiger partial charge on any atom is -0.431 e. The number of anilines is 1. The molecule has 1 fully saturated rings. The molecular weight excluding hydrogens is 655 g/mol. The van der Waals surface area contributed by atoms with Gasteiger partial charge in [-0.15, -0.1) is 0 Å². The topological polar surface area (TPSA) is 143 Å². The van der Waals surface area contributed by atoms with Crippen molar-refractivity contribution in [3.8, 4) is 22.6 Å². The van der Waals surface area contributed by atoms with Crippen molar-refractivity contribution in [1.82, 2.24) is 10.5 Å². The SMILES string of the molecule is O=C(CCCCC(=O)Nc1ccc([C@@H]2O[C@H](CSc3nc(-c4ccccc4)c(-c4ccccc4)o3)C[C@H](c3ccc(CO)cc3)O2)cc1)NO. The Labute approximate surface area is 294 Å². The summed E-state index contributed by atoms with van der Waals surface area (Å²) in [7, 11) is 0. The Morgan fingerprint density at radius 2 is 1.42 bits per heavy atom. The smallest absolute Gasteiger partial charge is 0.256 e. The average molecular weight is 694 g/mol. The number of nitrogens with zero attached hydrogens (tertiary/aromatic N) is 1. The van der Waals surface area contributed by atoms with Gasteiger partial charge in [0.2, 0.25) is 11.8 Å². The number of aliphatic hydroxyl groups excluding tert-OH is 1. The van der Waals surface area contributed by atoms with Crippen molar-refractivity contribution >= 4 is 29.3 Å². The number of hydrogen-bond donors (Lipinski definition) is 4. The third-order valence-corrected chi connectivity index (χ3v) is 9.31. The van der Waals surface area contributed by atoms with Gasteiger partial charge in [0, 0.05) is 47.4 Å². The molecule has 4 aromatic carbocycles. The molecule has 10 nitrogen and oxygen atoms in total. The van der Waals surface area contributed by atoms with Gasteiger partial charge in [-0.2, -0.15) is 0 Å². The molecule has 0 radical (unpaired) electrons. The summed E-state index contributed by atoms with van der Waals surface area (Å²) in [5.74, 6) is 0.661. The van der Waals surface area contributed by atoms with Crippen LogP contribution < -0.4 is 10.8 Å². The molecule has 0 bridgehead atoms. The second-order valence-corrected chi connectivity index (χ2v) is 12.9. The van der Waals surface area contributed by atoms with Gasteiger partial charge in [0.15, 0.2) is 12.1 Å². The number of benzene rings is 4. The molecule has 3 atom stereocenters. The van der Waals surface area contributed by atoms with Gasteiger partial charge < -0.3 is 24.3 Å². The number of rotatable bonds is 14. The summed E-state index contributed by atoms with van der Waals surface area (Å²) in [5, 5.41) is 21.6. The lowest BCUT2D eigenvalue weighted by Gasteiger charge is -2.36. The van der Waals surface area contributed by atoms with E-state index >= 15 is 0 Å². The number of ether oxygens (including phenoxy) is 2. The fourth-order valence-electron chi connectivity index (χ4n) is 5.70. The predicted octanol–water partition coefficient (Wildman–Crippen LogP) is 7.84. The van der Waals surface area contributed by atoms with Crippen LogP contribution in [0.25, 0.3) is 22.6 Å². The number of aromatic nitrogens is 1. The third kappa shape index (κ3) is 9.26. The van der Waals surface area contributed by atoms with Gasteiger partial charge in [0.1, 0.15) is 5.69 Å². The second kappa shape index (κ2) is 17.2. The Morgan fingerprint density at radius 3 is 2.08 bits per heavy atom. The quantitative estimate of drug-likeness (QED) is 0.0396. The Bertz CT molecular complexity index is 1780. The minimum absolute atomic E-state index is 0.0351. The summed E-state index contributed by atoms with van der Waals surface area (Å²) < 4.78 is 19.4. The van der Waals surface area contributed by atoms with Crippen LogP contribution in [0.1, 0.15) is 61.2 Å². The van der Waals surface area contributed by atoms with Crippen LogP contribution in [0.4, 0.5) is 5.69 Å². The fourth-order valence-corrected chi connectivity index (χ4v) is 6.54. The van der Waals surface area contributed by atoms with Gasteiger partial charge in [-0.25, -0.2) is 10.5 Å². The van der Waals surface area contributed by atoms with E-state index in [1.807, 2.05) is 109 Å². The molecule has 0 spiro atoms. The summed E-state index contributed by atoms with van der Waals surface area (Å²) in [6, 6.07) is 35.1. The van der Waals surface area contributed by atoms with Crippen LogP contribution in [0.3, 0.4) is 0 Å². The van der Waals surface area contributed by atoms with Crippen LogP contribution in [-0.2, 0) is 25.7 Å². The molecule has 5 aromatic rings. The molecular formula is C39H39N3O7S. The molecule has 0 unspecified atom stereocenters. The summed E-state index contributed by atoms with van der Waals surface area (Å²) in [6.45, 7) is -0.0351. The number of oxazole rings is 1. The maximum Gasteiger partial charge on any atom is 0.256 e. The number of amides is 2. The monoisotopic (exact) mass is 693 g/mol. The van der Waals surface area contributed by atoms with E-state index in [-0.39, 0.29) is 37.6 Å². The molecule has 2 amide bonds. The van der Waals surface area contributed by atoms with Gasteiger partial charge in [-0.05, 0) is 36.1 Å². The lowest BCUT2D eigenvalue weighted by Crippen LogP contribution is -2.31. The molecule has 4 N–H and O–H groups in total. The molecule has 1 saturated heterocycles. The summed E-state index contributed by atoms with van der Waals surface area (Å²) in [4.78, 5) is 28.5. The van der Waals surface area contributed by atoms with Crippen molar-refractivity contribution in [3.63, 3.8) is 0 Å². The maximum absolute atomic E-state index is 12.4. The lowest BCUT2D eigenvalue weighted by atomic mass is 10.0. The van der Waals surface area contributed by atoms with Gasteiger partial charge in [-0.3, -0.25) is 14.8 Å². The maximum atomic E-state index is 12.4. The number of unbranched alkanes of at least 4 members (excludes halogenated alkanes) is 1. The van der Waals surface area contributed by atoms with Gasteiger partial charge in [0.05, 0.1) is 18.8 Å². The van der Waals surface area contributed by atoms with Gasteiger partial charge in [-0.1, -0.05) is 109 Å². The normalized spacial score (nSPS) is 17.3. The highest BCUT2D eigenvalue weighted by Gasteiger charge is 2.33. The van der Waals surface area contributed by atoms with Gasteiger partial charge in [0.25, 0.3) is 5.22 Å². The Morgan fingerprint density at radius 1 is 0.780 bits per heavy atom. The first-order valence-corrected chi connectivity index (χ1v) is 17.6. The van der Waals surface area contributed by atoms with E-state index in [1.54, 1.807) is 5.48 Å². The molecule has 0 saturated carbocycles. The zero-order chi connectivity index (χ0) is 34.7. The number of hydrogen-bond acceptors (Lipinski definition) is 9. The Balaban J connectivity index is 1.16. The van der Waals surface area contributed by atoms with Crippen LogP contribution >= 0.6 is 11.8 Å².